The Kier molecular flexibility index (Phi) is 5.81. The molecule has 2 aromatic rings. The molecule has 2 aromatic carbocycles. The topological polar surface area (TPSA) is 66.8 Å². The number of sulfone groups is 1. The molecule has 0 saturated carbocycles. The molecule has 2 heterocycles. The third-order valence-corrected chi connectivity index (χ3v) is 8.90. The van der Waals surface area contributed by atoms with Crippen molar-refractivity contribution >= 4 is 65.9 Å². The Labute approximate surface area is 187 Å². The largest absolute Gasteiger partial charge is 0.314 e. The van der Waals surface area contributed by atoms with Gasteiger partial charge >= 0.3 is 0 Å². The number of amides is 1. The number of aliphatic imine (C=N–C) groups is 1. The predicted molar refractivity (Wildman–Crippen MR) is 123 cm³/mol. The number of amidine groups is 1. The number of aryl methyl sites for hydroxylation is 1. The molecule has 29 heavy (non-hydrogen) atoms. The fraction of sp³-hybridized carbons (Fsp3) is 0.300. The Morgan fingerprint density at radius 2 is 2.07 bits per heavy atom. The monoisotopic (exact) mass is 512 g/mol. The first-order chi connectivity index (χ1) is 13.7. The first-order valence-corrected chi connectivity index (χ1v) is 12.9. The molecule has 152 valence electrons. The van der Waals surface area contributed by atoms with E-state index in [0.717, 1.165) is 15.6 Å². The molecular weight excluding hydrogens is 496 g/mol. The number of thioether (sulfide) groups is 1. The number of carbonyl (C=O) groups is 1. The van der Waals surface area contributed by atoms with Gasteiger partial charge in [-0.15, -0.1) is 0 Å². The van der Waals surface area contributed by atoms with Crippen LogP contribution in [0, 0.1) is 6.92 Å². The number of halogens is 2. The first-order valence-electron chi connectivity index (χ1n) is 9.00. The summed E-state index contributed by atoms with van der Waals surface area (Å²) in [5, 5.41) is 0.825. The van der Waals surface area contributed by atoms with E-state index in [4.69, 9.17) is 11.6 Å². The molecule has 0 spiro atoms. The number of carbonyl (C=O) groups excluding carboxylic acids is 1. The van der Waals surface area contributed by atoms with Gasteiger partial charge in [0.25, 0.3) is 5.91 Å². The van der Waals surface area contributed by atoms with Crippen LogP contribution in [-0.2, 0) is 21.1 Å². The summed E-state index contributed by atoms with van der Waals surface area (Å²) in [6.07, 6.45) is 0.196. The van der Waals surface area contributed by atoms with Gasteiger partial charge in [-0.25, -0.2) is 8.42 Å². The van der Waals surface area contributed by atoms with Gasteiger partial charge in [-0.2, -0.15) is 4.99 Å². The molecule has 4 rings (SSSR count). The van der Waals surface area contributed by atoms with Crippen LogP contribution in [0.25, 0.3) is 0 Å². The molecule has 2 fully saturated rings. The highest BCUT2D eigenvalue weighted by atomic mass is 79.9. The van der Waals surface area contributed by atoms with Crippen LogP contribution in [0.2, 0.25) is 5.02 Å². The number of fused-ring (bicyclic) bond motifs is 1. The number of hydrogen-bond acceptors (Lipinski definition) is 4. The van der Waals surface area contributed by atoms with Gasteiger partial charge in [0.1, 0.15) is 0 Å². The predicted octanol–water partition coefficient (Wildman–Crippen LogP) is 4.26. The van der Waals surface area contributed by atoms with E-state index < -0.39 is 9.84 Å². The van der Waals surface area contributed by atoms with E-state index in [-0.39, 0.29) is 35.1 Å². The van der Waals surface area contributed by atoms with Gasteiger partial charge in [-0.1, -0.05) is 69.1 Å². The quantitative estimate of drug-likeness (QED) is 0.614. The van der Waals surface area contributed by atoms with E-state index in [9.17, 15) is 13.2 Å². The molecule has 1 amide bonds. The van der Waals surface area contributed by atoms with Crippen LogP contribution in [0.4, 0.5) is 5.69 Å². The molecule has 0 unspecified atom stereocenters. The van der Waals surface area contributed by atoms with Crippen LogP contribution < -0.4 is 4.90 Å². The number of hydrogen-bond donors (Lipinski definition) is 0. The summed E-state index contributed by atoms with van der Waals surface area (Å²) in [6.45, 7) is 1.98. The fourth-order valence-electron chi connectivity index (χ4n) is 3.67. The Morgan fingerprint density at radius 3 is 2.79 bits per heavy atom. The van der Waals surface area contributed by atoms with E-state index in [1.54, 1.807) is 6.07 Å². The summed E-state index contributed by atoms with van der Waals surface area (Å²) >= 11 is 11.2. The summed E-state index contributed by atoms with van der Waals surface area (Å²) < 4.78 is 25.2. The van der Waals surface area contributed by atoms with Crippen molar-refractivity contribution in [1.29, 1.82) is 0 Å². The summed E-state index contributed by atoms with van der Waals surface area (Å²) in [4.78, 5) is 18.8. The van der Waals surface area contributed by atoms with Crippen molar-refractivity contribution in [3.63, 3.8) is 0 Å². The number of nitrogens with zero attached hydrogens (tertiary/aromatic N) is 2. The smallest absolute Gasteiger partial charge is 0.252 e. The highest BCUT2D eigenvalue weighted by molar-refractivity contribution is 9.10. The maximum atomic E-state index is 12.7. The lowest BCUT2D eigenvalue weighted by molar-refractivity contribution is -0.117. The van der Waals surface area contributed by atoms with E-state index in [1.165, 1.54) is 11.8 Å². The summed E-state index contributed by atoms with van der Waals surface area (Å²) in [5.41, 5.74) is 2.65. The Hall–Kier alpha value is -1.35. The van der Waals surface area contributed by atoms with Crippen molar-refractivity contribution in [2.24, 2.45) is 4.99 Å². The Morgan fingerprint density at radius 1 is 1.28 bits per heavy atom. The lowest BCUT2D eigenvalue weighted by Crippen LogP contribution is -2.38. The molecule has 2 aliphatic heterocycles. The second-order valence-electron chi connectivity index (χ2n) is 7.22. The van der Waals surface area contributed by atoms with Crippen molar-refractivity contribution in [3.8, 4) is 0 Å². The fourth-order valence-corrected chi connectivity index (χ4v) is 8.35. The van der Waals surface area contributed by atoms with Crippen molar-refractivity contribution in [2.75, 3.05) is 16.4 Å². The Balaban J connectivity index is 1.67. The second-order valence-corrected chi connectivity index (χ2v) is 11.9. The molecule has 0 aromatic heterocycles. The SMILES string of the molecule is Cc1cccc(CC(=O)N=C2S[C@H]3CS(=O)(=O)C[C@@H]3N2c2ccc(Br)cc2Cl)c1. The van der Waals surface area contributed by atoms with Crippen LogP contribution in [0.5, 0.6) is 0 Å². The molecule has 2 aliphatic rings. The van der Waals surface area contributed by atoms with Crippen molar-refractivity contribution in [1.82, 2.24) is 0 Å². The highest BCUT2D eigenvalue weighted by Crippen LogP contribution is 2.43. The lowest BCUT2D eigenvalue weighted by Gasteiger charge is -2.25. The molecule has 2 atom stereocenters. The van der Waals surface area contributed by atoms with E-state index in [2.05, 4.69) is 20.9 Å². The molecule has 0 N–H and O–H groups in total. The van der Waals surface area contributed by atoms with Gasteiger partial charge < -0.3 is 4.90 Å². The molecule has 5 nitrogen and oxygen atoms in total. The highest BCUT2D eigenvalue weighted by Gasteiger charge is 2.49. The molecule has 0 aliphatic carbocycles. The maximum absolute atomic E-state index is 12.7. The van der Waals surface area contributed by atoms with Gasteiger partial charge in [-0.05, 0) is 30.7 Å². The average molecular weight is 514 g/mol. The zero-order valence-corrected chi connectivity index (χ0v) is 19.5. The van der Waals surface area contributed by atoms with Crippen LogP contribution in [0.1, 0.15) is 11.1 Å². The van der Waals surface area contributed by atoms with Crippen molar-refractivity contribution < 1.29 is 13.2 Å². The van der Waals surface area contributed by atoms with Gasteiger partial charge in [-0.3, -0.25) is 4.79 Å². The number of anilines is 1. The third-order valence-electron chi connectivity index (χ3n) is 4.89. The third kappa shape index (κ3) is 4.55. The summed E-state index contributed by atoms with van der Waals surface area (Å²) in [5.74, 6) is -0.153. The van der Waals surface area contributed by atoms with Crippen LogP contribution >= 0.6 is 39.3 Å². The van der Waals surface area contributed by atoms with Gasteiger partial charge in [0, 0.05) is 9.72 Å². The second kappa shape index (κ2) is 8.06. The van der Waals surface area contributed by atoms with Crippen LogP contribution in [0.15, 0.2) is 51.9 Å². The normalized spacial score (nSPS) is 24.1. The first kappa shape index (κ1) is 20.9. The maximum Gasteiger partial charge on any atom is 0.252 e. The molecule has 9 heteroatoms. The summed E-state index contributed by atoms with van der Waals surface area (Å²) in [6, 6.07) is 12.9. The summed E-state index contributed by atoms with van der Waals surface area (Å²) in [7, 11) is -3.13. The Bertz CT molecular complexity index is 1120. The van der Waals surface area contributed by atoms with Crippen molar-refractivity contribution in [2.45, 2.75) is 24.6 Å². The van der Waals surface area contributed by atoms with Crippen LogP contribution in [-0.4, -0.2) is 42.3 Å². The van der Waals surface area contributed by atoms with Gasteiger partial charge in [0.2, 0.25) is 0 Å². The molecule has 2 saturated heterocycles. The van der Waals surface area contributed by atoms with E-state index in [1.807, 2.05) is 48.2 Å². The molecular formula is C20H18BrClN2O3S2. The zero-order valence-electron chi connectivity index (χ0n) is 15.5. The van der Waals surface area contributed by atoms with Gasteiger partial charge in [0.15, 0.2) is 15.0 Å². The standard InChI is InChI=1S/C20H18BrClN2O3S2/c1-12-3-2-4-13(7-12)8-19(25)23-20-24(16-6-5-14(21)9-15(16)22)17-10-29(26,27)11-18(17)28-20/h2-7,9,17-18H,8,10-11H2,1H3/t17-,18-/m0/s1. The molecule has 0 bridgehead atoms. The van der Waals surface area contributed by atoms with Crippen LogP contribution in [0.3, 0.4) is 0 Å². The zero-order chi connectivity index (χ0) is 20.8. The number of benzene rings is 2. The number of rotatable bonds is 3. The molecule has 0 radical (unpaired) electrons. The van der Waals surface area contributed by atoms with E-state index in [0.29, 0.717) is 15.9 Å². The lowest BCUT2D eigenvalue weighted by atomic mass is 10.1. The van der Waals surface area contributed by atoms with Crippen molar-refractivity contribution in [3.05, 3.63) is 63.1 Å². The van der Waals surface area contributed by atoms with Gasteiger partial charge in [0.05, 0.1) is 34.7 Å². The minimum atomic E-state index is -3.13. The van der Waals surface area contributed by atoms with E-state index >= 15 is 0 Å². The minimum Gasteiger partial charge on any atom is -0.314 e. The minimum absolute atomic E-state index is 0.0299. The average Bonchev–Trinajstić information content (AvgIpc) is 3.06.